The van der Waals surface area contributed by atoms with E-state index >= 15 is 0 Å². The largest absolute Gasteiger partial charge is 0.311 e. The van der Waals surface area contributed by atoms with E-state index in [1.165, 1.54) is 39.1 Å². The van der Waals surface area contributed by atoms with Crippen LogP contribution >= 0.6 is 0 Å². The van der Waals surface area contributed by atoms with Gasteiger partial charge in [-0.3, -0.25) is 0 Å². The van der Waals surface area contributed by atoms with E-state index < -0.39 is 0 Å². The van der Waals surface area contributed by atoms with Crippen LogP contribution in [0.4, 0.5) is 34.1 Å². The summed E-state index contributed by atoms with van der Waals surface area (Å²) >= 11 is 0. The van der Waals surface area contributed by atoms with Crippen molar-refractivity contribution < 1.29 is 0 Å². The first kappa shape index (κ1) is 54.4. The number of rotatable bonds is 11. The molecule has 16 aromatic rings. The molecule has 2 aliphatic rings. The molecule has 438 valence electrons. The van der Waals surface area contributed by atoms with Crippen LogP contribution in [0.2, 0.25) is 0 Å². The molecule has 3 aromatic heterocycles. The van der Waals surface area contributed by atoms with Gasteiger partial charge in [0.25, 0.3) is 6.71 Å². The Morgan fingerprint density at radius 3 is 1.31 bits per heavy atom. The minimum Gasteiger partial charge on any atom is -0.311 e. The fourth-order valence-electron chi connectivity index (χ4n) is 14.1. The second-order valence-electron chi connectivity index (χ2n) is 23.9. The van der Waals surface area contributed by atoms with E-state index in [1.807, 2.05) is 54.6 Å². The minimum atomic E-state index is 0.0622. The van der Waals surface area contributed by atoms with Gasteiger partial charge in [-0.1, -0.05) is 237 Å². The number of anilines is 6. The van der Waals surface area contributed by atoms with E-state index in [2.05, 4.69) is 293 Å². The first-order valence-electron chi connectivity index (χ1n) is 31.8. The maximum Gasteiger partial charge on any atom is 0.252 e. The Hall–Kier alpha value is -12.6. The van der Waals surface area contributed by atoms with Crippen LogP contribution in [0.25, 0.3) is 118 Å². The topological polar surface area (TPSA) is 75.9 Å². The molecule has 0 saturated carbocycles. The fourth-order valence-corrected chi connectivity index (χ4v) is 14.1. The Bertz CT molecular complexity index is 5510. The molecule has 0 amide bonds. The Morgan fingerprint density at radius 2 is 0.660 bits per heavy atom. The van der Waals surface area contributed by atoms with Gasteiger partial charge >= 0.3 is 0 Å². The van der Waals surface area contributed by atoms with Gasteiger partial charge in [-0.25, -0.2) is 24.9 Å². The summed E-state index contributed by atoms with van der Waals surface area (Å²) in [6, 6.07) is 118. The van der Waals surface area contributed by atoms with Gasteiger partial charge in [0, 0.05) is 78.3 Å². The summed E-state index contributed by atoms with van der Waals surface area (Å²) in [7, 11) is 0. The monoisotopic (exact) mass is 1200 g/mol. The van der Waals surface area contributed by atoms with Crippen molar-refractivity contribution in [2.24, 2.45) is 0 Å². The molecule has 0 saturated heterocycles. The highest BCUT2D eigenvalue weighted by Crippen LogP contribution is 2.45. The highest BCUT2D eigenvalue weighted by molar-refractivity contribution is 7.00. The maximum atomic E-state index is 5.58. The molecule has 0 spiro atoms. The van der Waals surface area contributed by atoms with E-state index in [1.54, 1.807) is 0 Å². The summed E-state index contributed by atoms with van der Waals surface area (Å²) in [5.74, 6) is 2.18. The first-order valence-corrected chi connectivity index (χ1v) is 31.8. The number of fused-ring (bicyclic) bond motifs is 7. The van der Waals surface area contributed by atoms with E-state index in [0.29, 0.717) is 23.3 Å². The van der Waals surface area contributed by atoms with Gasteiger partial charge in [0.2, 0.25) is 0 Å². The van der Waals surface area contributed by atoms with Gasteiger partial charge in [0.15, 0.2) is 23.3 Å². The second-order valence-corrected chi connectivity index (χ2v) is 23.9. The SMILES string of the molecule is c1ccc(-c2ccc3c(c2)c2ccccc2n3-c2ccc(-c3nc(-c4ccccc4)cc(-c4ccccc4)n3)cc2-c2nc(-c3ccccc3)nc(-c3cccc(-c4ccc(N5c6ccccc6B6c7ccccc7N(c7ccccc7)c7cccc5c76)cc4)c3)n2)cc1. The van der Waals surface area contributed by atoms with Crippen molar-refractivity contribution in [3.8, 4) is 96.0 Å². The van der Waals surface area contributed by atoms with E-state index in [9.17, 15) is 0 Å². The van der Waals surface area contributed by atoms with Crippen LogP contribution in [0.5, 0.6) is 0 Å². The summed E-state index contributed by atoms with van der Waals surface area (Å²) in [6.45, 7) is 0.0622. The van der Waals surface area contributed by atoms with Crippen LogP contribution in [0.15, 0.2) is 334 Å². The van der Waals surface area contributed by atoms with Crippen molar-refractivity contribution in [3.05, 3.63) is 334 Å². The highest BCUT2D eigenvalue weighted by atomic mass is 15.2. The number of hydrogen-bond acceptors (Lipinski definition) is 7. The van der Waals surface area contributed by atoms with Crippen molar-refractivity contribution in [1.82, 2.24) is 29.5 Å². The molecule has 13 aromatic carbocycles. The van der Waals surface area contributed by atoms with Gasteiger partial charge in [-0.05, 0) is 136 Å². The van der Waals surface area contributed by atoms with Gasteiger partial charge in [-0.2, -0.15) is 0 Å². The maximum absolute atomic E-state index is 5.58. The lowest BCUT2D eigenvalue weighted by atomic mass is 9.33. The van der Waals surface area contributed by atoms with Crippen molar-refractivity contribution in [1.29, 1.82) is 0 Å². The van der Waals surface area contributed by atoms with Gasteiger partial charge in [0.1, 0.15) is 0 Å². The van der Waals surface area contributed by atoms with E-state index in [4.69, 9.17) is 24.9 Å². The standard InChI is InChI=1S/C85H55BN8/c1-6-24-56(25-7-1)62-46-50-75-68(53-62)67-36-16-19-39-74(67)94(75)76-51-47-64(83-87-72(58-26-8-2-9-27-58)55-73(88-83)59-28-10-3-11-29-59)54-69(76)85-90-82(60-30-12-4-13-31-60)89-84(91-85)63-33-22-32-61(52-63)57-44-48-66(49-45-57)93-78-41-21-18-38-71(78)86-70-37-17-20-40-77(70)92(65-34-14-5-15-35-65)79-42-23-43-80(93)81(79)86/h1-55H. The van der Waals surface area contributed by atoms with Gasteiger partial charge in [-0.15, -0.1) is 0 Å². The molecule has 0 atom stereocenters. The zero-order valence-corrected chi connectivity index (χ0v) is 50.9. The summed E-state index contributed by atoms with van der Waals surface area (Å²) in [4.78, 5) is 32.0. The fraction of sp³-hybridized carbons (Fsp3) is 0. The normalized spacial score (nSPS) is 12.2. The lowest BCUT2D eigenvalue weighted by Gasteiger charge is -2.44. The van der Waals surface area contributed by atoms with Crippen LogP contribution in [-0.4, -0.2) is 36.2 Å². The molecule has 2 aliphatic heterocycles. The molecule has 0 fully saturated rings. The zero-order valence-electron chi connectivity index (χ0n) is 50.9. The number of para-hydroxylation sites is 4. The number of benzene rings is 13. The minimum absolute atomic E-state index is 0.0622. The molecule has 0 bridgehead atoms. The van der Waals surface area contributed by atoms with Crippen LogP contribution in [-0.2, 0) is 0 Å². The summed E-state index contributed by atoms with van der Waals surface area (Å²) < 4.78 is 2.36. The average Bonchev–Trinajstić information content (AvgIpc) is 0.738. The first-order chi connectivity index (χ1) is 46.6. The summed E-state index contributed by atoms with van der Waals surface area (Å²) in [6.07, 6.45) is 0. The van der Waals surface area contributed by atoms with Crippen molar-refractivity contribution in [2.75, 3.05) is 9.80 Å². The Kier molecular flexibility index (Phi) is 13.1. The van der Waals surface area contributed by atoms with Crippen molar-refractivity contribution >= 4 is 79.0 Å². The van der Waals surface area contributed by atoms with Gasteiger partial charge < -0.3 is 14.4 Å². The molecular formula is C85H55BN8. The lowest BCUT2D eigenvalue weighted by Crippen LogP contribution is -2.61. The molecule has 8 nitrogen and oxygen atoms in total. The van der Waals surface area contributed by atoms with Crippen molar-refractivity contribution in [2.45, 2.75) is 0 Å². The van der Waals surface area contributed by atoms with E-state index in [-0.39, 0.29) is 6.71 Å². The van der Waals surface area contributed by atoms with Crippen LogP contribution < -0.4 is 26.2 Å². The third kappa shape index (κ3) is 9.36. The molecule has 18 rings (SSSR count). The lowest BCUT2D eigenvalue weighted by molar-refractivity contribution is 1.06. The Labute approximate surface area is 544 Å². The average molecular weight is 1200 g/mol. The van der Waals surface area contributed by atoms with Crippen LogP contribution in [0.1, 0.15) is 0 Å². The summed E-state index contributed by atoms with van der Waals surface area (Å²) in [5.41, 5.74) is 25.2. The molecule has 94 heavy (non-hydrogen) atoms. The molecule has 5 heterocycles. The smallest absolute Gasteiger partial charge is 0.252 e. The third-order valence-electron chi connectivity index (χ3n) is 18.5. The van der Waals surface area contributed by atoms with Crippen LogP contribution in [0.3, 0.4) is 0 Å². The Morgan fingerprint density at radius 1 is 0.234 bits per heavy atom. The highest BCUT2D eigenvalue weighted by Gasteiger charge is 2.43. The second kappa shape index (κ2) is 22.7. The molecule has 0 radical (unpaired) electrons. The summed E-state index contributed by atoms with van der Waals surface area (Å²) in [5, 5.41) is 2.27. The predicted octanol–water partition coefficient (Wildman–Crippen LogP) is 19.2. The third-order valence-corrected chi connectivity index (χ3v) is 18.5. The number of hydrogen-bond donors (Lipinski definition) is 0. The number of aromatic nitrogens is 6. The molecule has 0 unspecified atom stereocenters. The molecular weight excluding hydrogens is 1140 g/mol. The molecule has 9 heteroatoms. The Balaban J connectivity index is 0.787. The molecule has 0 aliphatic carbocycles. The quantitative estimate of drug-likeness (QED) is 0.119. The zero-order chi connectivity index (χ0) is 62.1. The molecule has 0 N–H and O–H groups in total. The number of nitrogens with zero attached hydrogens (tertiary/aromatic N) is 8. The van der Waals surface area contributed by atoms with Crippen LogP contribution in [0, 0.1) is 0 Å². The van der Waals surface area contributed by atoms with E-state index in [0.717, 1.165) is 106 Å². The van der Waals surface area contributed by atoms with Gasteiger partial charge in [0.05, 0.1) is 28.1 Å². The predicted molar refractivity (Wildman–Crippen MR) is 387 cm³/mol. The van der Waals surface area contributed by atoms with Crippen molar-refractivity contribution in [3.63, 3.8) is 0 Å².